The average molecular weight is 273 g/mol. The van der Waals surface area contributed by atoms with Crippen molar-refractivity contribution in [1.82, 2.24) is 19.3 Å². The van der Waals surface area contributed by atoms with E-state index in [4.69, 9.17) is 0 Å². The number of aromatic nitrogens is 4. The van der Waals surface area contributed by atoms with Crippen LogP contribution in [0.15, 0.2) is 24.7 Å². The summed E-state index contributed by atoms with van der Waals surface area (Å²) in [6.07, 6.45) is 12.3. The van der Waals surface area contributed by atoms with Gasteiger partial charge in [0.2, 0.25) is 5.95 Å². The number of hydrogen-bond acceptors (Lipinski definition) is 3. The molecule has 2 heterocycles. The van der Waals surface area contributed by atoms with Crippen LogP contribution in [0, 0.1) is 6.92 Å². The predicted molar refractivity (Wildman–Crippen MR) is 79.8 cm³/mol. The molecular weight excluding hydrogens is 250 g/mol. The van der Waals surface area contributed by atoms with Crippen LogP contribution in [0.5, 0.6) is 0 Å². The number of nitrogens with zero attached hydrogens (tertiary/aromatic N) is 4. The fourth-order valence-corrected chi connectivity index (χ4v) is 2.98. The van der Waals surface area contributed by atoms with Crippen LogP contribution in [-0.4, -0.2) is 25.9 Å². The highest BCUT2D eigenvalue weighted by atomic mass is 15.3. The molecule has 1 N–H and O–H groups in total. The van der Waals surface area contributed by atoms with Gasteiger partial charge in [-0.25, -0.2) is 4.98 Å². The second-order valence-electron chi connectivity index (χ2n) is 5.60. The SMILES string of the molecule is Cc1cn(C2CCCC2)c(NCCCn2cccn2)n1. The van der Waals surface area contributed by atoms with Crippen LogP contribution < -0.4 is 5.32 Å². The third-order valence-corrected chi connectivity index (χ3v) is 3.98. The van der Waals surface area contributed by atoms with Gasteiger partial charge in [-0.3, -0.25) is 4.68 Å². The van der Waals surface area contributed by atoms with Crippen molar-refractivity contribution < 1.29 is 0 Å². The molecule has 0 unspecified atom stereocenters. The van der Waals surface area contributed by atoms with Gasteiger partial charge in [0.05, 0.1) is 5.69 Å². The van der Waals surface area contributed by atoms with Gasteiger partial charge in [-0.2, -0.15) is 5.10 Å². The second kappa shape index (κ2) is 6.11. The monoisotopic (exact) mass is 273 g/mol. The lowest BCUT2D eigenvalue weighted by Crippen LogP contribution is -2.13. The van der Waals surface area contributed by atoms with Crippen molar-refractivity contribution in [1.29, 1.82) is 0 Å². The summed E-state index contributed by atoms with van der Waals surface area (Å²) in [5, 5.41) is 7.70. The highest BCUT2D eigenvalue weighted by Gasteiger charge is 2.19. The van der Waals surface area contributed by atoms with Crippen LogP contribution in [0.2, 0.25) is 0 Å². The fourth-order valence-electron chi connectivity index (χ4n) is 2.98. The normalized spacial score (nSPS) is 15.8. The summed E-state index contributed by atoms with van der Waals surface area (Å²) >= 11 is 0. The molecule has 3 rings (SSSR count). The van der Waals surface area contributed by atoms with E-state index in [0.717, 1.165) is 31.2 Å². The second-order valence-corrected chi connectivity index (χ2v) is 5.60. The first-order valence-electron chi connectivity index (χ1n) is 7.60. The summed E-state index contributed by atoms with van der Waals surface area (Å²) < 4.78 is 4.31. The van der Waals surface area contributed by atoms with E-state index in [1.807, 2.05) is 23.1 Å². The van der Waals surface area contributed by atoms with Gasteiger partial charge in [0.1, 0.15) is 0 Å². The number of aryl methyl sites for hydroxylation is 2. The number of anilines is 1. The number of imidazole rings is 1. The summed E-state index contributed by atoms with van der Waals surface area (Å²) in [7, 11) is 0. The lowest BCUT2D eigenvalue weighted by Gasteiger charge is -2.15. The van der Waals surface area contributed by atoms with Gasteiger partial charge in [0, 0.05) is 37.7 Å². The first-order valence-corrected chi connectivity index (χ1v) is 7.60. The Morgan fingerprint density at radius 3 is 2.95 bits per heavy atom. The zero-order chi connectivity index (χ0) is 13.8. The molecule has 0 atom stereocenters. The predicted octanol–water partition coefficient (Wildman–Crippen LogP) is 3.01. The molecule has 5 heteroatoms. The Bertz CT molecular complexity index is 522. The maximum atomic E-state index is 4.62. The summed E-state index contributed by atoms with van der Waals surface area (Å²) in [4.78, 5) is 4.62. The van der Waals surface area contributed by atoms with Gasteiger partial charge in [-0.15, -0.1) is 0 Å². The molecule has 1 fully saturated rings. The Kier molecular flexibility index (Phi) is 4.04. The molecule has 0 amide bonds. The first kappa shape index (κ1) is 13.2. The van der Waals surface area contributed by atoms with Crippen molar-refractivity contribution in [3.63, 3.8) is 0 Å². The van der Waals surface area contributed by atoms with E-state index in [1.165, 1.54) is 25.7 Å². The van der Waals surface area contributed by atoms with Gasteiger partial charge in [-0.1, -0.05) is 12.8 Å². The molecular formula is C15H23N5. The first-order chi connectivity index (χ1) is 9.83. The maximum absolute atomic E-state index is 4.62. The molecule has 108 valence electrons. The Hall–Kier alpha value is -1.78. The lowest BCUT2D eigenvalue weighted by atomic mass is 10.2. The third kappa shape index (κ3) is 3.03. The van der Waals surface area contributed by atoms with E-state index >= 15 is 0 Å². The maximum Gasteiger partial charge on any atom is 0.203 e. The Labute approximate surface area is 120 Å². The molecule has 0 saturated heterocycles. The average Bonchev–Trinajstić information content (AvgIpc) is 3.16. The highest BCUT2D eigenvalue weighted by molar-refractivity contribution is 5.29. The van der Waals surface area contributed by atoms with Crippen LogP contribution >= 0.6 is 0 Å². The Morgan fingerprint density at radius 2 is 2.20 bits per heavy atom. The largest absolute Gasteiger partial charge is 0.356 e. The molecule has 1 saturated carbocycles. The zero-order valence-corrected chi connectivity index (χ0v) is 12.1. The molecule has 0 spiro atoms. The molecule has 2 aromatic rings. The minimum atomic E-state index is 0.643. The summed E-state index contributed by atoms with van der Waals surface area (Å²) in [5.41, 5.74) is 1.10. The molecule has 0 bridgehead atoms. The van der Waals surface area contributed by atoms with E-state index in [9.17, 15) is 0 Å². The molecule has 20 heavy (non-hydrogen) atoms. The summed E-state index contributed by atoms with van der Waals surface area (Å²) in [5.74, 6) is 1.04. The van der Waals surface area contributed by atoms with Gasteiger partial charge < -0.3 is 9.88 Å². The topological polar surface area (TPSA) is 47.7 Å². The summed E-state index contributed by atoms with van der Waals surface area (Å²) in [6, 6.07) is 2.61. The minimum Gasteiger partial charge on any atom is -0.356 e. The smallest absolute Gasteiger partial charge is 0.203 e. The number of rotatable bonds is 6. The molecule has 0 aliphatic heterocycles. The number of hydrogen-bond donors (Lipinski definition) is 1. The molecule has 1 aliphatic carbocycles. The number of nitrogens with one attached hydrogen (secondary N) is 1. The molecule has 1 aliphatic rings. The van der Waals surface area contributed by atoms with Crippen LogP contribution in [0.3, 0.4) is 0 Å². The lowest BCUT2D eigenvalue weighted by molar-refractivity contribution is 0.521. The van der Waals surface area contributed by atoms with Crippen molar-refractivity contribution in [2.75, 3.05) is 11.9 Å². The van der Waals surface area contributed by atoms with E-state index in [-0.39, 0.29) is 0 Å². The third-order valence-electron chi connectivity index (χ3n) is 3.98. The van der Waals surface area contributed by atoms with E-state index < -0.39 is 0 Å². The fraction of sp³-hybridized carbons (Fsp3) is 0.600. The van der Waals surface area contributed by atoms with Gasteiger partial charge in [-0.05, 0) is 32.3 Å². The van der Waals surface area contributed by atoms with Crippen molar-refractivity contribution in [2.45, 2.75) is 51.6 Å². The Morgan fingerprint density at radius 1 is 1.35 bits per heavy atom. The highest BCUT2D eigenvalue weighted by Crippen LogP contribution is 2.31. The molecule has 2 aromatic heterocycles. The van der Waals surface area contributed by atoms with Crippen LogP contribution in [0.4, 0.5) is 5.95 Å². The van der Waals surface area contributed by atoms with Crippen molar-refractivity contribution in [2.24, 2.45) is 0 Å². The minimum absolute atomic E-state index is 0.643. The standard InChI is InChI=1S/C15H23N5/c1-13-12-20(14-6-2-3-7-14)15(18-13)16-8-4-10-19-11-5-9-17-19/h5,9,11-12,14H,2-4,6-8,10H2,1H3,(H,16,18). The summed E-state index contributed by atoms with van der Waals surface area (Å²) in [6.45, 7) is 3.95. The van der Waals surface area contributed by atoms with Crippen molar-refractivity contribution in [3.05, 3.63) is 30.4 Å². The molecule has 0 aromatic carbocycles. The van der Waals surface area contributed by atoms with Crippen LogP contribution in [0.25, 0.3) is 0 Å². The van der Waals surface area contributed by atoms with E-state index in [1.54, 1.807) is 0 Å². The van der Waals surface area contributed by atoms with Crippen LogP contribution in [-0.2, 0) is 6.54 Å². The molecule has 5 nitrogen and oxygen atoms in total. The van der Waals surface area contributed by atoms with Crippen molar-refractivity contribution >= 4 is 5.95 Å². The van der Waals surface area contributed by atoms with Crippen LogP contribution in [0.1, 0.15) is 43.8 Å². The van der Waals surface area contributed by atoms with E-state index in [0.29, 0.717) is 6.04 Å². The van der Waals surface area contributed by atoms with Gasteiger partial charge in [0.25, 0.3) is 0 Å². The Balaban J connectivity index is 1.54. The quantitative estimate of drug-likeness (QED) is 0.823. The zero-order valence-electron chi connectivity index (χ0n) is 12.1. The molecule has 0 radical (unpaired) electrons. The van der Waals surface area contributed by atoms with Gasteiger partial charge >= 0.3 is 0 Å². The van der Waals surface area contributed by atoms with Gasteiger partial charge in [0.15, 0.2) is 0 Å². The van der Waals surface area contributed by atoms with Crippen molar-refractivity contribution in [3.8, 4) is 0 Å². The van der Waals surface area contributed by atoms with E-state index in [2.05, 4.69) is 33.1 Å².